The van der Waals surface area contributed by atoms with E-state index in [0.717, 1.165) is 17.9 Å². The highest BCUT2D eigenvalue weighted by atomic mass is 16.6. The fraction of sp³-hybridized carbons (Fsp3) is 0.438. The molecule has 7 heteroatoms. The van der Waals surface area contributed by atoms with Gasteiger partial charge in [-0.1, -0.05) is 12.1 Å². The molecule has 0 atom stereocenters. The lowest BCUT2D eigenvalue weighted by Gasteiger charge is -2.17. The van der Waals surface area contributed by atoms with Crippen LogP contribution in [0.5, 0.6) is 5.75 Å². The Morgan fingerprint density at radius 1 is 1.30 bits per heavy atom. The van der Waals surface area contributed by atoms with Crippen LogP contribution < -0.4 is 4.74 Å². The molecule has 1 aromatic heterocycles. The van der Waals surface area contributed by atoms with Crippen LogP contribution in [0.15, 0.2) is 24.3 Å². The van der Waals surface area contributed by atoms with Crippen LogP contribution in [0.2, 0.25) is 0 Å². The predicted molar refractivity (Wildman–Crippen MR) is 87.4 cm³/mol. The quantitative estimate of drug-likeness (QED) is 0.580. The number of rotatable bonds is 7. The first-order valence-corrected chi connectivity index (χ1v) is 7.51. The summed E-state index contributed by atoms with van der Waals surface area (Å²) in [6.07, 6.45) is 0. The number of hydrogen-bond donors (Lipinski definition) is 0. The second-order valence-corrected chi connectivity index (χ2v) is 5.51. The van der Waals surface area contributed by atoms with Gasteiger partial charge in [0, 0.05) is 6.54 Å². The van der Waals surface area contributed by atoms with E-state index in [2.05, 4.69) is 10.00 Å². The summed E-state index contributed by atoms with van der Waals surface area (Å²) in [5.41, 5.74) is 2.26. The lowest BCUT2D eigenvalue weighted by Crippen LogP contribution is -2.23. The first-order valence-electron chi connectivity index (χ1n) is 7.51. The van der Waals surface area contributed by atoms with Crippen molar-refractivity contribution < 1.29 is 9.66 Å². The Morgan fingerprint density at radius 3 is 2.48 bits per heavy atom. The van der Waals surface area contributed by atoms with E-state index in [-0.39, 0.29) is 10.6 Å². The van der Waals surface area contributed by atoms with Crippen LogP contribution in [0.1, 0.15) is 23.9 Å². The van der Waals surface area contributed by atoms with Crippen LogP contribution in [0, 0.1) is 24.0 Å². The third-order valence-corrected chi connectivity index (χ3v) is 3.59. The van der Waals surface area contributed by atoms with Gasteiger partial charge in [0.05, 0.1) is 18.2 Å². The van der Waals surface area contributed by atoms with Crippen molar-refractivity contribution >= 4 is 5.69 Å². The van der Waals surface area contributed by atoms with Crippen molar-refractivity contribution in [1.29, 1.82) is 0 Å². The number of ether oxygens (including phenoxy) is 1. The summed E-state index contributed by atoms with van der Waals surface area (Å²) < 4.78 is 7.09. The molecule has 0 bridgehead atoms. The van der Waals surface area contributed by atoms with E-state index in [4.69, 9.17) is 4.74 Å². The van der Waals surface area contributed by atoms with Crippen LogP contribution in [-0.4, -0.2) is 33.3 Å². The number of hydrogen-bond acceptors (Lipinski definition) is 5. The summed E-state index contributed by atoms with van der Waals surface area (Å²) in [6.45, 7) is 7.20. The molecule has 23 heavy (non-hydrogen) atoms. The van der Waals surface area contributed by atoms with Crippen molar-refractivity contribution in [2.45, 2.75) is 34.0 Å². The molecule has 124 valence electrons. The average Bonchev–Trinajstić information content (AvgIpc) is 2.75. The first kappa shape index (κ1) is 17.0. The maximum atomic E-state index is 11.0. The van der Waals surface area contributed by atoms with E-state index in [1.807, 2.05) is 38.2 Å². The summed E-state index contributed by atoms with van der Waals surface area (Å²) in [6, 6.07) is 7.93. The number of aromatic nitrogens is 2. The molecule has 0 aliphatic rings. The molecule has 0 amide bonds. The van der Waals surface area contributed by atoms with Gasteiger partial charge in [-0.05, 0) is 45.5 Å². The van der Waals surface area contributed by atoms with E-state index < -0.39 is 0 Å². The fourth-order valence-electron chi connectivity index (χ4n) is 2.54. The van der Waals surface area contributed by atoms with Crippen molar-refractivity contribution in [3.05, 3.63) is 51.3 Å². The summed E-state index contributed by atoms with van der Waals surface area (Å²) in [5.74, 6) is 0.855. The number of nitro groups is 1. The van der Waals surface area contributed by atoms with Crippen molar-refractivity contribution in [1.82, 2.24) is 14.7 Å². The SMILES string of the molecule is CCOc1ccc(CN(C)Cn2nc(C)c([N+](=O)[O-])c2C)cc1. The third kappa shape index (κ3) is 4.07. The largest absolute Gasteiger partial charge is 0.494 e. The monoisotopic (exact) mass is 318 g/mol. The molecule has 0 aliphatic carbocycles. The molecule has 0 fully saturated rings. The Labute approximate surface area is 135 Å². The smallest absolute Gasteiger partial charge is 0.312 e. The second-order valence-electron chi connectivity index (χ2n) is 5.51. The van der Waals surface area contributed by atoms with Crippen molar-refractivity contribution in [3.63, 3.8) is 0 Å². The molecular formula is C16H22N4O3. The maximum Gasteiger partial charge on any atom is 0.312 e. The van der Waals surface area contributed by atoms with Crippen LogP contribution in [-0.2, 0) is 13.2 Å². The molecule has 0 saturated heterocycles. The number of nitrogens with zero attached hydrogens (tertiary/aromatic N) is 4. The zero-order valence-corrected chi connectivity index (χ0v) is 13.9. The standard InChI is InChI=1S/C16H22N4O3/c1-5-23-15-8-6-14(7-9-15)10-18(4)11-19-13(3)16(20(21)22)12(2)17-19/h6-9H,5,10-11H2,1-4H3. The summed E-state index contributed by atoms with van der Waals surface area (Å²) in [4.78, 5) is 12.7. The fourth-order valence-corrected chi connectivity index (χ4v) is 2.54. The normalized spacial score (nSPS) is 11.0. The molecule has 0 unspecified atom stereocenters. The zero-order valence-electron chi connectivity index (χ0n) is 13.9. The lowest BCUT2D eigenvalue weighted by molar-refractivity contribution is -0.386. The molecular weight excluding hydrogens is 296 g/mol. The lowest BCUT2D eigenvalue weighted by atomic mass is 10.2. The molecule has 2 aromatic rings. The minimum Gasteiger partial charge on any atom is -0.494 e. The van der Waals surface area contributed by atoms with Gasteiger partial charge in [-0.2, -0.15) is 5.10 Å². The molecule has 0 saturated carbocycles. The zero-order chi connectivity index (χ0) is 17.0. The van der Waals surface area contributed by atoms with Crippen LogP contribution >= 0.6 is 0 Å². The van der Waals surface area contributed by atoms with Crippen molar-refractivity contribution in [2.75, 3.05) is 13.7 Å². The van der Waals surface area contributed by atoms with Crippen LogP contribution in [0.3, 0.4) is 0 Å². The molecule has 0 aliphatic heterocycles. The van der Waals surface area contributed by atoms with Gasteiger partial charge in [0.2, 0.25) is 0 Å². The Hall–Kier alpha value is -2.41. The summed E-state index contributed by atoms with van der Waals surface area (Å²) in [5, 5.41) is 15.3. The number of aryl methyl sites for hydroxylation is 1. The topological polar surface area (TPSA) is 73.4 Å². The molecule has 1 heterocycles. The molecule has 1 aromatic carbocycles. The van der Waals surface area contributed by atoms with Gasteiger partial charge < -0.3 is 4.74 Å². The van der Waals surface area contributed by atoms with Crippen molar-refractivity contribution in [2.24, 2.45) is 0 Å². The van der Waals surface area contributed by atoms with E-state index in [0.29, 0.717) is 24.7 Å². The molecule has 0 radical (unpaired) electrons. The minimum atomic E-state index is -0.374. The minimum absolute atomic E-state index is 0.0967. The van der Waals surface area contributed by atoms with E-state index in [1.165, 1.54) is 0 Å². The molecule has 7 nitrogen and oxygen atoms in total. The third-order valence-electron chi connectivity index (χ3n) is 3.59. The Kier molecular flexibility index (Phi) is 5.33. The molecule has 2 rings (SSSR count). The molecule has 0 spiro atoms. The Morgan fingerprint density at radius 2 is 1.96 bits per heavy atom. The van der Waals surface area contributed by atoms with Crippen molar-refractivity contribution in [3.8, 4) is 5.75 Å². The molecule has 0 N–H and O–H groups in total. The Bertz CT molecular complexity index is 679. The van der Waals surface area contributed by atoms with Gasteiger partial charge in [0.1, 0.15) is 17.1 Å². The average molecular weight is 318 g/mol. The van der Waals surface area contributed by atoms with E-state index in [9.17, 15) is 10.1 Å². The predicted octanol–water partition coefficient (Wildman–Crippen LogP) is 2.90. The highest BCUT2D eigenvalue weighted by Crippen LogP contribution is 2.22. The van der Waals surface area contributed by atoms with E-state index in [1.54, 1.807) is 18.5 Å². The van der Waals surface area contributed by atoms with Gasteiger partial charge in [-0.3, -0.25) is 15.0 Å². The number of benzene rings is 1. The van der Waals surface area contributed by atoms with Gasteiger partial charge >= 0.3 is 5.69 Å². The summed E-state index contributed by atoms with van der Waals surface area (Å²) >= 11 is 0. The van der Waals surface area contributed by atoms with Crippen LogP contribution in [0.4, 0.5) is 5.69 Å². The maximum absolute atomic E-state index is 11.0. The van der Waals surface area contributed by atoms with Gasteiger partial charge in [-0.15, -0.1) is 0 Å². The second kappa shape index (κ2) is 7.23. The van der Waals surface area contributed by atoms with Gasteiger partial charge in [-0.25, -0.2) is 4.68 Å². The summed E-state index contributed by atoms with van der Waals surface area (Å²) in [7, 11) is 1.96. The van der Waals surface area contributed by atoms with E-state index >= 15 is 0 Å². The highest BCUT2D eigenvalue weighted by molar-refractivity contribution is 5.39. The first-order chi connectivity index (χ1) is 10.9. The van der Waals surface area contributed by atoms with Gasteiger partial charge in [0.25, 0.3) is 0 Å². The Balaban J connectivity index is 2.03. The highest BCUT2D eigenvalue weighted by Gasteiger charge is 2.22. The van der Waals surface area contributed by atoms with Gasteiger partial charge in [0.15, 0.2) is 0 Å². The van der Waals surface area contributed by atoms with Crippen LogP contribution in [0.25, 0.3) is 0 Å².